The number of hydrogen-bond donors (Lipinski definition) is 1. The number of nitrogens with one attached hydrogen (secondary N) is 1. The van der Waals surface area contributed by atoms with E-state index in [0.29, 0.717) is 30.0 Å². The minimum absolute atomic E-state index is 0.307. The molecule has 0 radical (unpaired) electrons. The number of fused-ring (bicyclic) bond motifs is 1. The Labute approximate surface area is 193 Å². The molecule has 1 saturated heterocycles. The number of carbonyl (C=O) groups excluding carboxylic acids is 2. The number of likely N-dealkylation sites (tertiary alicyclic amines) is 1. The highest BCUT2D eigenvalue weighted by Gasteiger charge is 2.35. The Morgan fingerprint density at radius 3 is 2.67 bits per heavy atom. The maximum atomic E-state index is 14.8. The molecule has 33 heavy (non-hydrogen) atoms. The van der Waals surface area contributed by atoms with Crippen LogP contribution in [0, 0.1) is 5.82 Å². The van der Waals surface area contributed by atoms with Crippen molar-refractivity contribution in [3.05, 3.63) is 29.8 Å². The summed E-state index contributed by atoms with van der Waals surface area (Å²) in [6, 6.07) is 3.81. The van der Waals surface area contributed by atoms with E-state index in [0.717, 1.165) is 50.9 Å². The molecule has 0 saturated carbocycles. The largest absolute Gasteiger partial charge is 0.444 e. The molecule has 0 bridgehead atoms. The number of hydrogen-bond acceptors (Lipinski definition) is 5. The zero-order valence-electron chi connectivity index (χ0n) is 19.6. The molecule has 2 aliphatic heterocycles. The van der Waals surface area contributed by atoms with Gasteiger partial charge in [0.1, 0.15) is 23.3 Å². The van der Waals surface area contributed by atoms with E-state index in [-0.39, 0.29) is 5.91 Å². The number of carbonyl (C=O) groups is 2. The van der Waals surface area contributed by atoms with Crippen LogP contribution in [0.15, 0.2) is 18.2 Å². The Kier molecular flexibility index (Phi) is 6.67. The summed E-state index contributed by atoms with van der Waals surface area (Å²) in [4.78, 5) is 27.3. The van der Waals surface area contributed by atoms with E-state index < -0.39 is 23.6 Å². The molecule has 0 spiro atoms. The molecule has 0 aliphatic carbocycles. The number of anilines is 1. The molecule has 1 aromatic heterocycles. The molecule has 1 N–H and O–H groups in total. The lowest BCUT2D eigenvalue weighted by Crippen LogP contribution is -2.51. The van der Waals surface area contributed by atoms with Crippen LogP contribution in [0.25, 0.3) is 11.4 Å². The summed E-state index contributed by atoms with van der Waals surface area (Å²) in [6.07, 6.45) is 5.71. The average Bonchev–Trinajstić information content (AvgIpc) is 3.01. The van der Waals surface area contributed by atoms with Gasteiger partial charge < -0.3 is 14.6 Å². The third-order valence-corrected chi connectivity index (χ3v) is 6.02. The van der Waals surface area contributed by atoms with Crippen LogP contribution < -0.4 is 5.32 Å². The van der Waals surface area contributed by atoms with E-state index in [1.165, 1.54) is 17.0 Å². The van der Waals surface area contributed by atoms with E-state index in [1.54, 1.807) is 26.8 Å². The molecule has 2 aromatic rings. The molecule has 178 valence electrons. The highest BCUT2D eigenvalue weighted by Crippen LogP contribution is 2.28. The fourth-order valence-corrected chi connectivity index (χ4v) is 4.43. The summed E-state index contributed by atoms with van der Waals surface area (Å²) >= 11 is 0. The maximum absolute atomic E-state index is 14.8. The standard InChI is InChI=1S/C24H32FN5O3/c1-24(2,3)33-23(32)29-13-8-6-9-19(29)22(31)26-16-11-12-18(25)17(15-16)21-28-27-20-10-5-4-7-14-30(20)21/h11-12,15,19H,4-10,13-14H2,1-3H3,(H,26,31). The molecule has 1 atom stereocenters. The fraction of sp³-hybridized carbons (Fsp3) is 0.583. The van der Waals surface area contributed by atoms with Crippen LogP contribution in [0.2, 0.25) is 0 Å². The first-order valence-corrected chi connectivity index (χ1v) is 11.8. The van der Waals surface area contributed by atoms with Crippen LogP contribution in [0.5, 0.6) is 0 Å². The van der Waals surface area contributed by atoms with Gasteiger partial charge in [0.05, 0.1) is 5.56 Å². The quantitative estimate of drug-likeness (QED) is 0.731. The molecule has 8 nitrogen and oxygen atoms in total. The monoisotopic (exact) mass is 457 g/mol. The van der Waals surface area contributed by atoms with E-state index in [9.17, 15) is 14.0 Å². The first-order valence-electron chi connectivity index (χ1n) is 11.8. The second-order valence-electron chi connectivity index (χ2n) is 9.77. The number of halogens is 1. The molecule has 1 fully saturated rings. The predicted molar refractivity (Wildman–Crippen MR) is 122 cm³/mol. The summed E-state index contributed by atoms with van der Waals surface area (Å²) in [5, 5.41) is 11.4. The SMILES string of the molecule is CC(C)(C)OC(=O)N1CCCCC1C(=O)Nc1ccc(F)c(-c2nnc3n2CCCCC3)c1. The Hall–Kier alpha value is -2.97. The molecule has 1 aromatic carbocycles. The average molecular weight is 458 g/mol. The lowest BCUT2D eigenvalue weighted by molar-refractivity contribution is -0.122. The van der Waals surface area contributed by atoms with Crippen molar-refractivity contribution in [2.45, 2.75) is 83.9 Å². The van der Waals surface area contributed by atoms with Gasteiger partial charge >= 0.3 is 6.09 Å². The van der Waals surface area contributed by atoms with E-state index >= 15 is 0 Å². The molecule has 1 unspecified atom stereocenters. The van der Waals surface area contributed by atoms with Gasteiger partial charge in [0.15, 0.2) is 5.82 Å². The van der Waals surface area contributed by atoms with Gasteiger partial charge in [-0.1, -0.05) is 6.42 Å². The van der Waals surface area contributed by atoms with Crippen molar-refractivity contribution in [2.75, 3.05) is 11.9 Å². The number of piperidine rings is 1. The third-order valence-electron chi connectivity index (χ3n) is 6.02. The number of rotatable bonds is 3. The van der Waals surface area contributed by atoms with Gasteiger partial charge in [0.2, 0.25) is 5.91 Å². The van der Waals surface area contributed by atoms with Gasteiger partial charge in [-0.2, -0.15) is 0 Å². The highest BCUT2D eigenvalue weighted by molar-refractivity contribution is 5.97. The minimum Gasteiger partial charge on any atom is -0.444 e. The van der Waals surface area contributed by atoms with E-state index in [1.807, 2.05) is 4.57 Å². The summed E-state index contributed by atoms with van der Waals surface area (Å²) in [5.74, 6) is 0.624. The molecular formula is C24H32FN5O3. The number of benzene rings is 1. The van der Waals surface area contributed by atoms with Crippen molar-refractivity contribution in [3.8, 4) is 11.4 Å². The van der Waals surface area contributed by atoms with Gasteiger partial charge in [-0.25, -0.2) is 9.18 Å². The summed E-state index contributed by atoms with van der Waals surface area (Å²) < 4.78 is 22.2. The Bertz CT molecular complexity index is 1030. The van der Waals surface area contributed by atoms with Gasteiger partial charge in [-0.3, -0.25) is 9.69 Å². The highest BCUT2D eigenvalue weighted by atomic mass is 19.1. The van der Waals surface area contributed by atoms with Gasteiger partial charge in [0.25, 0.3) is 0 Å². The number of aryl methyl sites for hydroxylation is 1. The van der Waals surface area contributed by atoms with Crippen molar-refractivity contribution < 1.29 is 18.7 Å². The Balaban J connectivity index is 1.54. The van der Waals surface area contributed by atoms with Crippen LogP contribution in [0.1, 0.15) is 65.1 Å². The zero-order chi connectivity index (χ0) is 23.6. The van der Waals surface area contributed by atoms with Crippen LogP contribution in [-0.2, 0) is 22.5 Å². The van der Waals surface area contributed by atoms with Crippen molar-refractivity contribution in [1.82, 2.24) is 19.7 Å². The minimum atomic E-state index is -0.641. The smallest absolute Gasteiger partial charge is 0.410 e. The van der Waals surface area contributed by atoms with E-state index in [4.69, 9.17) is 4.74 Å². The third kappa shape index (κ3) is 5.34. The molecule has 2 aliphatic rings. The molecule has 2 amide bonds. The summed E-state index contributed by atoms with van der Waals surface area (Å²) in [7, 11) is 0. The zero-order valence-corrected chi connectivity index (χ0v) is 19.6. The number of ether oxygens (including phenoxy) is 1. The predicted octanol–water partition coefficient (Wildman–Crippen LogP) is 4.54. The van der Waals surface area contributed by atoms with Gasteiger partial charge in [0, 0.05) is 25.2 Å². The molecule has 9 heteroatoms. The number of aromatic nitrogens is 3. The maximum Gasteiger partial charge on any atom is 0.410 e. The van der Waals surface area contributed by atoms with Crippen LogP contribution in [-0.4, -0.2) is 49.9 Å². The van der Waals surface area contributed by atoms with Crippen LogP contribution in [0.4, 0.5) is 14.9 Å². The van der Waals surface area contributed by atoms with Crippen molar-refractivity contribution in [3.63, 3.8) is 0 Å². The number of amides is 2. The first kappa shape index (κ1) is 23.2. The van der Waals surface area contributed by atoms with Gasteiger partial charge in [-0.05, 0) is 71.1 Å². The van der Waals surface area contributed by atoms with Gasteiger partial charge in [-0.15, -0.1) is 10.2 Å². The van der Waals surface area contributed by atoms with Crippen molar-refractivity contribution in [1.29, 1.82) is 0 Å². The lowest BCUT2D eigenvalue weighted by atomic mass is 10.0. The topological polar surface area (TPSA) is 89.3 Å². The van der Waals surface area contributed by atoms with E-state index in [2.05, 4.69) is 15.5 Å². The first-order chi connectivity index (χ1) is 15.7. The Morgan fingerprint density at radius 1 is 1.09 bits per heavy atom. The summed E-state index contributed by atoms with van der Waals surface area (Å²) in [6.45, 7) is 6.62. The molecular weight excluding hydrogens is 425 g/mol. The van der Waals surface area contributed by atoms with Crippen molar-refractivity contribution >= 4 is 17.7 Å². The lowest BCUT2D eigenvalue weighted by Gasteiger charge is -2.35. The fourth-order valence-electron chi connectivity index (χ4n) is 4.43. The van der Waals surface area contributed by atoms with Crippen molar-refractivity contribution in [2.24, 2.45) is 0 Å². The normalized spacial score (nSPS) is 18.9. The molecule has 3 heterocycles. The molecule has 4 rings (SSSR count). The second kappa shape index (κ2) is 9.49. The summed E-state index contributed by atoms with van der Waals surface area (Å²) in [5.41, 5.74) is 0.121. The second-order valence-corrected chi connectivity index (χ2v) is 9.77. The van der Waals surface area contributed by atoms with Crippen LogP contribution >= 0.6 is 0 Å². The Morgan fingerprint density at radius 2 is 1.88 bits per heavy atom. The van der Waals surface area contributed by atoms with Crippen LogP contribution in [0.3, 0.4) is 0 Å². The number of nitrogens with zero attached hydrogens (tertiary/aromatic N) is 4.